The Kier molecular flexibility index (Phi) is 7.51. The van der Waals surface area contributed by atoms with Gasteiger partial charge >= 0.3 is 0 Å². The summed E-state index contributed by atoms with van der Waals surface area (Å²) in [7, 11) is 5.94. The van der Waals surface area contributed by atoms with Gasteiger partial charge in [-0.1, -0.05) is 13.8 Å². The zero-order valence-electron chi connectivity index (χ0n) is 12.8. The van der Waals surface area contributed by atoms with E-state index in [1.54, 1.807) is 7.11 Å². The highest BCUT2D eigenvalue weighted by atomic mass is 79.9. The van der Waals surface area contributed by atoms with Gasteiger partial charge in [0.25, 0.3) is 0 Å². The van der Waals surface area contributed by atoms with Gasteiger partial charge in [-0.25, -0.2) is 0 Å². The maximum absolute atomic E-state index is 5.32. The molecule has 1 aromatic rings. The van der Waals surface area contributed by atoms with Crippen molar-refractivity contribution in [3.63, 3.8) is 0 Å². The van der Waals surface area contributed by atoms with Gasteiger partial charge in [-0.2, -0.15) is 0 Å². The smallest absolute Gasteiger partial charge is 0.147 e. The molecule has 0 heterocycles. The number of likely N-dealkylation sites (N-methyl/N-ethyl adjacent to an activating group) is 1. The quantitative estimate of drug-likeness (QED) is 0.741. The summed E-state index contributed by atoms with van der Waals surface area (Å²) in [5.74, 6) is 1.47. The van der Waals surface area contributed by atoms with Crippen molar-refractivity contribution in [2.45, 2.75) is 26.4 Å². The molecule has 5 heteroatoms. The molecule has 1 aromatic carbocycles. The minimum atomic E-state index is 0.542. The second kappa shape index (κ2) is 8.37. The summed E-state index contributed by atoms with van der Waals surface area (Å²) in [5.41, 5.74) is 1.23. The fraction of sp³-hybridized carbons (Fsp3) is 0.600. The molecular formula is C15H24Br2N2O. The maximum Gasteiger partial charge on any atom is 0.147 e. The predicted molar refractivity (Wildman–Crippen MR) is 92.4 cm³/mol. The van der Waals surface area contributed by atoms with E-state index in [0.717, 1.165) is 27.8 Å². The van der Waals surface area contributed by atoms with Crippen molar-refractivity contribution in [1.29, 1.82) is 0 Å². The van der Waals surface area contributed by atoms with Crippen molar-refractivity contribution in [2.75, 3.05) is 27.7 Å². The van der Waals surface area contributed by atoms with Gasteiger partial charge in [0.05, 0.1) is 16.1 Å². The van der Waals surface area contributed by atoms with Crippen LogP contribution in [0.2, 0.25) is 0 Å². The summed E-state index contributed by atoms with van der Waals surface area (Å²) in [5, 5.41) is 3.53. The molecule has 0 bridgehead atoms. The highest BCUT2D eigenvalue weighted by Crippen LogP contribution is 2.34. The molecule has 0 fully saturated rings. The molecule has 20 heavy (non-hydrogen) atoms. The van der Waals surface area contributed by atoms with Crippen molar-refractivity contribution in [1.82, 2.24) is 10.2 Å². The topological polar surface area (TPSA) is 24.5 Å². The van der Waals surface area contributed by atoms with Crippen molar-refractivity contribution in [3.05, 3.63) is 26.6 Å². The van der Waals surface area contributed by atoms with Crippen LogP contribution >= 0.6 is 31.9 Å². The van der Waals surface area contributed by atoms with Gasteiger partial charge in [0, 0.05) is 19.1 Å². The van der Waals surface area contributed by atoms with E-state index in [0.29, 0.717) is 12.0 Å². The third-order valence-corrected chi connectivity index (χ3v) is 4.56. The molecule has 3 nitrogen and oxygen atoms in total. The summed E-state index contributed by atoms with van der Waals surface area (Å²) < 4.78 is 7.26. The lowest BCUT2D eigenvalue weighted by atomic mass is 10.0. The molecule has 0 aliphatic carbocycles. The van der Waals surface area contributed by atoms with Gasteiger partial charge in [-0.3, -0.25) is 0 Å². The predicted octanol–water partition coefficient (Wildman–Crippen LogP) is 3.90. The number of methoxy groups -OCH3 is 1. The van der Waals surface area contributed by atoms with Crippen LogP contribution in [-0.2, 0) is 6.54 Å². The largest absolute Gasteiger partial charge is 0.494 e. The number of ether oxygens (including phenoxy) is 1. The van der Waals surface area contributed by atoms with E-state index in [2.05, 4.69) is 82.2 Å². The van der Waals surface area contributed by atoms with E-state index in [9.17, 15) is 0 Å². The summed E-state index contributed by atoms with van der Waals surface area (Å²) in [6, 6.07) is 4.73. The number of hydrogen-bond donors (Lipinski definition) is 1. The Balaban J connectivity index is 2.62. The van der Waals surface area contributed by atoms with Crippen LogP contribution in [0, 0.1) is 5.92 Å². The van der Waals surface area contributed by atoms with Gasteiger partial charge < -0.3 is 15.0 Å². The Labute approximate surface area is 139 Å². The molecule has 0 aromatic heterocycles. The van der Waals surface area contributed by atoms with Crippen LogP contribution in [0.1, 0.15) is 19.4 Å². The van der Waals surface area contributed by atoms with Gasteiger partial charge in [0.15, 0.2) is 0 Å². The molecule has 1 unspecified atom stereocenters. The zero-order valence-corrected chi connectivity index (χ0v) is 16.0. The average Bonchev–Trinajstić information content (AvgIpc) is 2.33. The number of benzene rings is 1. The molecule has 1 N–H and O–H groups in total. The SMILES string of the molecule is COc1c(Br)cc(CNCC(C(C)C)N(C)C)cc1Br. The maximum atomic E-state index is 5.32. The van der Waals surface area contributed by atoms with Crippen LogP contribution in [0.5, 0.6) is 5.75 Å². The number of nitrogens with zero attached hydrogens (tertiary/aromatic N) is 1. The minimum Gasteiger partial charge on any atom is -0.494 e. The Bertz CT molecular complexity index is 405. The first kappa shape index (κ1) is 18.0. The molecule has 114 valence electrons. The average molecular weight is 408 g/mol. The Morgan fingerprint density at radius 1 is 1.20 bits per heavy atom. The third kappa shape index (κ3) is 5.02. The van der Waals surface area contributed by atoms with Crippen LogP contribution in [0.15, 0.2) is 21.1 Å². The van der Waals surface area contributed by atoms with Gasteiger partial charge in [-0.05, 0) is 69.6 Å². The first-order valence-electron chi connectivity index (χ1n) is 6.75. The number of nitrogens with one attached hydrogen (secondary N) is 1. The summed E-state index contributed by atoms with van der Waals surface area (Å²) in [6.45, 7) is 6.34. The van der Waals surface area contributed by atoms with E-state index in [4.69, 9.17) is 4.74 Å². The minimum absolute atomic E-state index is 0.542. The van der Waals surface area contributed by atoms with E-state index in [1.165, 1.54) is 5.56 Å². The van der Waals surface area contributed by atoms with Gasteiger partial charge in [0.1, 0.15) is 5.75 Å². The van der Waals surface area contributed by atoms with Crippen LogP contribution < -0.4 is 10.1 Å². The first-order chi connectivity index (χ1) is 9.36. The van der Waals surface area contributed by atoms with Gasteiger partial charge in [0.2, 0.25) is 0 Å². The second-order valence-corrected chi connectivity index (χ2v) is 7.21. The lowest BCUT2D eigenvalue weighted by Gasteiger charge is -2.28. The molecule has 0 amide bonds. The van der Waals surface area contributed by atoms with Crippen LogP contribution in [0.4, 0.5) is 0 Å². The highest BCUT2D eigenvalue weighted by molar-refractivity contribution is 9.11. The van der Waals surface area contributed by atoms with Crippen LogP contribution in [0.25, 0.3) is 0 Å². The summed E-state index contributed by atoms with van der Waals surface area (Å²) in [6.07, 6.45) is 0. The molecule has 1 rings (SSSR count). The lowest BCUT2D eigenvalue weighted by molar-refractivity contribution is 0.224. The lowest BCUT2D eigenvalue weighted by Crippen LogP contribution is -2.41. The monoisotopic (exact) mass is 406 g/mol. The third-order valence-electron chi connectivity index (χ3n) is 3.38. The molecule has 0 aliphatic rings. The normalized spacial score (nSPS) is 13.1. The Morgan fingerprint density at radius 2 is 1.75 bits per heavy atom. The molecule has 0 radical (unpaired) electrons. The van der Waals surface area contributed by atoms with Crippen LogP contribution in [-0.4, -0.2) is 38.7 Å². The molecule has 0 aliphatic heterocycles. The molecule has 0 saturated carbocycles. The fourth-order valence-electron chi connectivity index (χ4n) is 2.29. The summed E-state index contributed by atoms with van der Waals surface area (Å²) in [4.78, 5) is 2.28. The second-order valence-electron chi connectivity index (χ2n) is 5.50. The van der Waals surface area contributed by atoms with Crippen molar-refractivity contribution >= 4 is 31.9 Å². The molecule has 1 atom stereocenters. The molecular weight excluding hydrogens is 384 g/mol. The van der Waals surface area contributed by atoms with E-state index in [1.807, 2.05) is 0 Å². The number of rotatable bonds is 7. The standard InChI is InChI=1S/C15H24Br2N2O/c1-10(2)14(19(3)4)9-18-8-11-6-12(16)15(20-5)13(17)7-11/h6-7,10,14,18H,8-9H2,1-5H3. The highest BCUT2D eigenvalue weighted by Gasteiger charge is 2.15. The van der Waals surface area contributed by atoms with Crippen molar-refractivity contribution in [3.8, 4) is 5.75 Å². The van der Waals surface area contributed by atoms with Crippen LogP contribution in [0.3, 0.4) is 0 Å². The number of halogens is 2. The number of hydrogen-bond acceptors (Lipinski definition) is 3. The summed E-state index contributed by atoms with van der Waals surface area (Å²) >= 11 is 7.07. The first-order valence-corrected chi connectivity index (χ1v) is 8.34. The zero-order chi connectivity index (χ0) is 15.3. The van der Waals surface area contributed by atoms with Crippen molar-refractivity contribution < 1.29 is 4.74 Å². The van der Waals surface area contributed by atoms with E-state index in [-0.39, 0.29) is 0 Å². The molecule has 0 saturated heterocycles. The Hall–Kier alpha value is -0.100. The molecule has 0 spiro atoms. The van der Waals surface area contributed by atoms with E-state index < -0.39 is 0 Å². The fourth-order valence-corrected chi connectivity index (χ4v) is 3.89. The Morgan fingerprint density at radius 3 is 2.15 bits per heavy atom. The van der Waals surface area contributed by atoms with E-state index >= 15 is 0 Å². The van der Waals surface area contributed by atoms with Crippen molar-refractivity contribution in [2.24, 2.45) is 5.92 Å². The van der Waals surface area contributed by atoms with Gasteiger partial charge in [-0.15, -0.1) is 0 Å².